The molecule has 2 heterocycles. The number of nitrogens with one attached hydrogen (secondary N) is 2. The molecular weight excluding hydrogens is 246 g/mol. The van der Waals surface area contributed by atoms with E-state index in [2.05, 4.69) is 15.3 Å². The van der Waals surface area contributed by atoms with Gasteiger partial charge in [-0.1, -0.05) is 0 Å². The molecule has 0 aromatic carbocycles. The van der Waals surface area contributed by atoms with Gasteiger partial charge in [-0.25, -0.2) is 9.78 Å². The smallest absolute Gasteiger partial charge is 0.339 e. The molecule has 4 N–H and O–H groups in total. The summed E-state index contributed by atoms with van der Waals surface area (Å²) in [7, 11) is 0. The van der Waals surface area contributed by atoms with Crippen LogP contribution in [-0.4, -0.2) is 38.3 Å². The molecule has 0 radical (unpaired) electrons. The minimum Gasteiger partial charge on any atom is -0.478 e. The second kappa shape index (κ2) is 4.55. The number of carboxylic acids is 1. The zero-order valence-electron chi connectivity index (χ0n) is 10.3. The molecule has 19 heavy (non-hydrogen) atoms. The van der Waals surface area contributed by atoms with E-state index in [9.17, 15) is 15.0 Å². The SMILES string of the molecule is O=C(O)c1cnc2[nH]ccc2c1NC1CCC(O)C1. The second-order valence-electron chi connectivity index (χ2n) is 4.90. The van der Waals surface area contributed by atoms with Crippen LogP contribution in [0.15, 0.2) is 18.5 Å². The Morgan fingerprint density at radius 2 is 2.32 bits per heavy atom. The van der Waals surface area contributed by atoms with Gasteiger partial charge in [0, 0.05) is 23.8 Å². The summed E-state index contributed by atoms with van der Waals surface area (Å²) in [5, 5.41) is 22.8. The minimum absolute atomic E-state index is 0.105. The summed E-state index contributed by atoms with van der Waals surface area (Å²) in [5.74, 6) is -1.00. The number of carbonyl (C=O) groups is 1. The molecule has 2 atom stereocenters. The van der Waals surface area contributed by atoms with Gasteiger partial charge in [0.05, 0.1) is 11.8 Å². The fraction of sp³-hybridized carbons (Fsp3) is 0.385. The van der Waals surface area contributed by atoms with Gasteiger partial charge in [-0.3, -0.25) is 0 Å². The van der Waals surface area contributed by atoms with Crippen LogP contribution >= 0.6 is 0 Å². The number of aliphatic hydroxyl groups is 1. The number of aliphatic hydroxyl groups excluding tert-OH is 1. The van der Waals surface area contributed by atoms with Crippen LogP contribution in [-0.2, 0) is 0 Å². The number of pyridine rings is 1. The Kier molecular flexibility index (Phi) is 2.87. The van der Waals surface area contributed by atoms with Crippen LogP contribution in [0.5, 0.6) is 0 Å². The van der Waals surface area contributed by atoms with Crippen LogP contribution < -0.4 is 5.32 Å². The van der Waals surface area contributed by atoms with Crippen LogP contribution in [0.3, 0.4) is 0 Å². The normalized spacial score (nSPS) is 22.8. The minimum atomic E-state index is -1.00. The third kappa shape index (κ3) is 2.15. The van der Waals surface area contributed by atoms with Crippen molar-refractivity contribution < 1.29 is 15.0 Å². The predicted molar refractivity (Wildman–Crippen MR) is 70.3 cm³/mol. The van der Waals surface area contributed by atoms with Gasteiger partial charge < -0.3 is 20.5 Å². The highest BCUT2D eigenvalue weighted by Crippen LogP contribution is 2.29. The van der Waals surface area contributed by atoms with E-state index in [1.165, 1.54) is 6.20 Å². The van der Waals surface area contributed by atoms with E-state index in [1.54, 1.807) is 6.20 Å². The number of rotatable bonds is 3. The summed E-state index contributed by atoms with van der Waals surface area (Å²) in [5.41, 5.74) is 1.40. The van der Waals surface area contributed by atoms with Crippen molar-refractivity contribution in [1.82, 2.24) is 9.97 Å². The molecular formula is C13H15N3O3. The number of H-pyrrole nitrogens is 1. The van der Waals surface area contributed by atoms with Crippen LogP contribution in [0.2, 0.25) is 0 Å². The van der Waals surface area contributed by atoms with Crippen molar-refractivity contribution in [2.24, 2.45) is 0 Å². The molecule has 6 heteroatoms. The molecule has 0 amide bonds. The molecule has 0 spiro atoms. The standard InChI is InChI=1S/C13H15N3O3/c17-8-2-1-7(5-8)16-11-9-3-4-14-12(9)15-6-10(11)13(18)19/h3-4,6-8,17H,1-2,5H2,(H,18,19)(H2,14,15,16). The molecule has 1 saturated carbocycles. The van der Waals surface area contributed by atoms with Crippen molar-refractivity contribution in [3.63, 3.8) is 0 Å². The van der Waals surface area contributed by atoms with Gasteiger partial charge in [-0.2, -0.15) is 0 Å². The van der Waals surface area contributed by atoms with E-state index in [-0.39, 0.29) is 17.7 Å². The number of nitrogens with zero attached hydrogens (tertiary/aromatic N) is 1. The molecule has 1 aliphatic rings. The van der Waals surface area contributed by atoms with Crippen molar-refractivity contribution >= 4 is 22.7 Å². The van der Waals surface area contributed by atoms with Crippen molar-refractivity contribution in [1.29, 1.82) is 0 Å². The van der Waals surface area contributed by atoms with Crippen molar-refractivity contribution in [3.8, 4) is 0 Å². The van der Waals surface area contributed by atoms with E-state index in [1.807, 2.05) is 6.07 Å². The Hall–Kier alpha value is -2.08. The summed E-state index contributed by atoms with van der Waals surface area (Å²) in [6, 6.07) is 1.91. The van der Waals surface area contributed by atoms with E-state index >= 15 is 0 Å². The van der Waals surface area contributed by atoms with Crippen LogP contribution in [0.25, 0.3) is 11.0 Å². The third-order valence-electron chi connectivity index (χ3n) is 3.57. The highest BCUT2D eigenvalue weighted by molar-refractivity contribution is 6.03. The first-order valence-electron chi connectivity index (χ1n) is 6.29. The van der Waals surface area contributed by atoms with Gasteiger partial charge in [-0.05, 0) is 25.3 Å². The maximum absolute atomic E-state index is 11.3. The van der Waals surface area contributed by atoms with Gasteiger partial charge >= 0.3 is 5.97 Å². The summed E-state index contributed by atoms with van der Waals surface area (Å²) in [6.07, 6.45) is 5.03. The predicted octanol–water partition coefficient (Wildman–Crippen LogP) is 1.59. The number of fused-ring (bicyclic) bond motifs is 1. The highest BCUT2D eigenvalue weighted by atomic mass is 16.4. The highest BCUT2D eigenvalue weighted by Gasteiger charge is 2.25. The lowest BCUT2D eigenvalue weighted by Gasteiger charge is -2.16. The molecule has 1 fully saturated rings. The number of hydrogen-bond acceptors (Lipinski definition) is 4. The molecule has 1 aliphatic carbocycles. The summed E-state index contributed by atoms with van der Waals surface area (Å²) in [6.45, 7) is 0. The van der Waals surface area contributed by atoms with Gasteiger partial charge in [-0.15, -0.1) is 0 Å². The topological polar surface area (TPSA) is 98.2 Å². The number of aromatic nitrogens is 2. The Labute approximate surface area is 109 Å². The fourth-order valence-electron chi connectivity index (χ4n) is 2.62. The molecule has 0 aliphatic heterocycles. The van der Waals surface area contributed by atoms with Crippen molar-refractivity contribution in [2.45, 2.75) is 31.4 Å². The average molecular weight is 261 g/mol. The second-order valence-corrected chi connectivity index (χ2v) is 4.90. The van der Waals surface area contributed by atoms with Crippen molar-refractivity contribution in [3.05, 3.63) is 24.0 Å². The molecule has 6 nitrogen and oxygen atoms in total. The number of hydrogen-bond donors (Lipinski definition) is 4. The van der Waals surface area contributed by atoms with Crippen LogP contribution in [0, 0.1) is 0 Å². The molecule has 100 valence electrons. The van der Waals surface area contributed by atoms with Crippen LogP contribution in [0.1, 0.15) is 29.6 Å². The quantitative estimate of drug-likeness (QED) is 0.672. The van der Waals surface area contributed by atoms with Gasteiger partial charge in [0.15, 0.2) is 0 Å². The third-order valence-corrected chi connectivity index (χ3v) is 3.57. The Morgan fingerprint density at radius 1 is 1.47 bits per heavy atom. The van der Waals surface area contributed by atoms with E-state index in [0.29, 0.717) is 17.8 Å². The zero-order chi connectivity index (χ0) is 13.4. The molecule has 2 unspecified atom stereocenters. The summed E-state index contributed by atoms with van der Waals surface area (Å²) in [4.78, 5) is 18.3. The monoisotopic (exact) mass is 261 g/mol. The lowest BCUT2D eigenvalue weighted by molar-refractivity contribution is 0.0697. The average Bonchev–Trinajstić information content (AvgIpc) is 2.98. The van der Waals surface area contributed by atoms with Gasteiger partial charge in [0.25, 0.3) is 0 Å². The first-order valence-corrected chi connectivity index (χ1v) is 6.29. The van der Waals surface area contributed by atoms with Gasteiger partial charge in [0.1, 0.15) is 11.2 Å². The molecule has 0 bridgehead atoms. The lowest BCUT2D eigenvalue weighted by Crippen LogP contribution is -2.19. The van der Waals surface area contributed by atoms with Crippen molar-refractivity contribution in [2.75, 3.05) is 5.32 Å². The Balaban J connectivity index is 2.01. The summed E-state index contributed by atoms with van der Waals surface area (Å²) < 4.78 is 0. The van der Waals surface area contributed by atoms with E-state index in [4.69, 9.17) is 0 Å². The first-order chi connectivity index (χ1) is 9.15. The molecule has 0 saturated heterocycles. The molecule has 2 aromatic heterocycles. The molecule has 2 aromatic rings. The number of anilines is 1. The Morgan fingerprint density at radius 3 is 3.00 bits per heavy atom. The zero-order valence-corrected chi connectivity index (χ0v) is 10.3. The van der Waals surface area contributed by atoms with E-state index in [0.717, 1.165) is 18.2 Å². The van der Waals surface area contributed by atoms with Gasteiger partial charge in [0.2, 0.25) is 0 Å². The number of aromatic amines is 1. The number of aromatic carboxylic acids is 1. The molecule has 3 rings (SSSR count). The maximum atomic E-state index is 11.3. The van der Waals surface area contributed by atoms with E-state index < -0.39 is 5.97 Å². The maximum Gasteiger partial charge on any atom is 0.339 e. The fourth-order valence-corrected chi connectivity index (χ4v) is 2.62. The lowest BCUT2D eigenvalue weighted by atomic mass is 10.1. The summed E-state index contributed by atoms with van der Waals surface area (Å²) >= 11 is 0. The number of carboxylic acid groups (broad SMARTS) is 1. The largest absolute Gasteiger partial charge is 0.478 e. The first kappa shape index (κ1) is 12.0. The Bertz CT molecular complexity index is 623. The van der Waals surface area contributed by atoms with Crippen LogP contribution in [0.4, 0.5) is 5.69 Å².